The number of benzene rings is 1. The van der Waals surface area contributed by atoms with Crippen molar-refractivity contribution in [1.29, 1.82) is 0 Å². The molecule has 1 aromatic carbocycles. The zero-order valence-electron chi connectivity index (χ0n) is 17.0. The molecule has 0 spiro atoms. The number of rotatable bonds is 5. The van der Waals surface area contributed by atoms with E-state index in [-0.39, 0.29) is 5.75 Å². The number of sulfonamides is 1. The summed E-state index contributed by atoms with van der Waals surface area (Å²) in [6.07, 6.45) is 5.46. The minimum atomic E-state index is -3.32. The zero-order valence-corrected chi connectivity index (χ0v) is 17.8. The van der Waals surface area contributed by atoms with E-state index in [2.05, 4.69) is 14.8 Å². The Morgan fingerprint density at radius 3 is 2.41 bits per heavy atom. The van der Waals surface area contributed by atoms with Gasteiger partial charge in [0.25, 0.3) is 0 Å². The molecule has 0 unspecified atom stereocenters. The molecule has 0 amide bonds. The van der Waals surface area contributed by atoms with Gasteiger partial charge in [-0.2, -0.15) is 9.29 Å². The number of nitrogens with zero attached hydrogens (tertiary/aromatic N) is 5. The highest BCUT2D eigenvalue weighted by atomic mass is 32.2. The van der Waals surface area contributed by atoms with Crippen molar-refractivity contribution >= 4 is 21.8 Å². The summed E-state index contributed by atoms with van der Waals surface area (Å²) in [7, 11) is -3.32. The summed E-state index contributed by atoms with van der Waals surface area (Å²) >= 11 is 0. The van der Waals surface area contributed by atoms with Crippen LogP contribution in [0.5, 0.6) is 0 Å². The lowest BCUT2D eigenvalue weighted by Gasteiger charge is -2.35. The highest BCUT2D eigenvalue weighted by Gasteiger charge is 2.28. The number of hydrogen-bond acceptors (Lipinski definition) is 6. The van der Waals surface area contributed by atoms with Gasteiger partial charge < -0.3 is 9.80 Å². The third-order valence-electron chi connectivity index (χ3n) is 5.65. The second-order valence-electron chi connectivity index (χ2n) is 7.89. The minimum absolute atomic E-state index is 0.0568. The van der Waals surface area contributed by atoms with Crippen molar-refractivity contribution in [2.45, 2.75) is 31.9 Å². The average Bonchev–Trinajstić information content (AvgIpc) is 2.74. The van der Waals surface area contributed by atoms with Gasteiger partial charge in [0.1, 0.15) is 5.82 Å². The molecule has 2 aromatic rings. The predicted octanol–water partition coefficient (Wildman–Crippen LogP) is 2.43. The van der Waals surface area contributed by atoms with E-state index in [1.807, 2.05) is 43.5 Å². The Balaban J connectivity index is 1.39. The van der Waals surface area contributed by atoms with Crippen LogP contribution in [-0.2, 0) is 15.8 Å². The lowest BCUT2D eigenvalue weighted by molar-refractivity contribution is 0.383. The van der Waals surface area contributed by atoms with Gasteiger partial charge in [-0.1, -0.05) is 29.8 Å². The molecule has 4 rings (SSSR count). The fraction of sp³-hybridized carbons (Fsp3) is 0.524. The van der Waals surface area contributed by atoms with Gasteiger partial charge in [0.05, 0.1) is 5.75 Å². The fourth-order valence-corrected chi connectivity index (χ4v) is 5.56. The van der Waals surface area contributed by atoms with Gasteiger partial charge in [-0.15, -0.1) is 0 Å². The summed E-state index contributed by atoms with van der Waals surface area (Å²) in [4.78, 5) is 13.6. The normalized spacial score (nSPS) is 18.8. The van der Waals surface area contributed by atoms with E-state index in [9.17, 15) is 8.42 Å². The molecule has 8 heteroatoms. The van der Waals surface area contributed by atoms with E-state index in [4.69, 9.17) is 4.98 Å². The van der Waals surface area contributed by atoms with Gasteiger partial charge in [-0.3, -0.25) is 0 Å². The Kier molecular flexibility index (Phi) is 6.01. The van der Waals surface area contributed by atoms with Crippen molar-refractivity contribution in [2.75, 3.05) is 49.1 Å². The predicted molar refractivity (Wildman–Crippen MR) is 116 cm³/mol. The second kappa shape index (κ2) is 8.67. The molecule has 0 saturated carbocycles. The van der Waals surface area contributed by atoms with E-state index < -0.39 is 10.0 Å². The minimum Gasteiger partial charge on any atom is -0.354 e. The molecular formula is C21H29N5O2S. The maximum atomic E-state index is 12.8. The molecule has 0 radical (unpaired) electrons. The number of anilines is 2. The van der Waals surface area contributed by atoms with E-state index >= 15 is 0 Å². The van der Waals surface area contributed by atoms with Crippen LogP contribution in [0, 0.1) is 6.92 Å². The van der Waals surface area contributed by atoms with E-state index in [0.717, 1.165) is 36.0 Å². The van der Waals surface area contributed by atoms with Crippen LogP contribution in [0.2, 0.25) is 0 Å². The summed E-state index contributed by atoms with van der Waals surface area (Å²) in [6, 6.07) is 9.63. The summed E-state index contributed by atoms with van der Waals surface area (Å²) in [6.45, 7) is 6.25. The molecule has 2 saturated heterocycles. The standard InChI is InChI=1S/C21H29N5O2S/c1-18-6-5-7-19(16-18)17-29(27,28)26-14-12-24(13-15-26)20-8-9-22-21(23-20)25-10-3-2-4-11-25/h5-9,16H,2-4,10-15,17H2,1H3. The number of aryl methyl sites for hydroxylation is 1. The summed E-state index contributed by atoms with van der Waals surface area (Å²) in [5.41, 5.74) is 1.92. The van der Waals surface area contributed by atoms with Crippen molar-refractivity contribution in [2.24, 2.45) is 0 Å². The van der Waals surface area contributed by atoms with Crippen molar-refractivity contribution in [1.82, 2.24) is 14.3 Å². The third-order valence-corrected chi connectivity index (χ3v) is 7.50. The van der Waals surface area contributed by atoms with Crippen molar-refractivity contribution in [3.05, 3.63) is 47.7 Å². The molecule has 7 nitrogen and oxygen atoms in total. The van der Waals surface area contributed by atoms with Gasteiger partial charge >= 0.3 is 0 Å². The van der Waals surface area contributed by atoms with Crippen molar-refractivity contribution in [3.8, 4) is 0 Å². The molecule has 2 fully saturated rings. The zero-order chi connectivity index (χ0) is 20.3. The van der Waals surface area contributed by atoms with Crippen LogP contribution in [0.1, 0.15) is 30.4 Å². The fourth-order valence-electron chi connectivity index (χ4n) is 4.06. The van der Waals surface area contributed by atoms with Gasteiger partial charge in [0, 0.05) is 45.5 Å². The first-order chi connectivity index (χ1) is 14.0. The van der Waals surface area contributed by atoms with Crippen LogP contribution in [0.4, 0.5) is 11.8 Å². The SMILES string of the molecule is Cc1cccc(CS(=O)(=O)N2CCN(c3ccnc(N4CCCCC4)n3)CC2)c1. The van der Waals surface area contributed by atoms with Crippen LogP contribution < -0.4 is 9.80 Å². The van der Waals surface area contributed by atoms with Gasteiger partial charge in [0.2, 0.25) is 16.0 Å². The van der Waals surface area contributed by atoms with Crippen LogP contribution >= 0.6 is 0 Å². The lowest BCUT2D eigenvalue weighted by Crippen LogP contribution is -2.49. The Bertz CT molecular complexity index is 936. The number of hydrogen-bond donors (Lipinski definition) is 0. The monoisotopic (exact) mass is 415 g/mol. The summed E-state index contributed by atoms with van der Waals surface area (Å²) < 4.78 is 27.3. The van der Waals surface area contributed by atoms with Gasteiger partial charge in [-0.25, -0.2) is 13.4 Å². The lowest BCUT2D eigenvalue weighted by atomic mass is 10.1. The van der Waals surface area contributed by atoms with E-state index in [1.54, 1.807) is 4.31 Å². The van der Waals surface area contributed by atoms with Crippen molar-refractivity contribution in [3.63, 3.8) is 0 Å². The highest BCUT2D eigenvalue weighted by molar-refractivity contribution is 7.88. The van der Waals surface area contributed by atoms with E-state index in [1.165, 1.54) is 19.3 Å². The molecule has 2 aliphatic rings. The smallest absolute Gasteiger partial charge is 0.227 e. The van der Waals surface area contributed by atoms with Crippen LogP contribution in [-0.4, -0.2) is 62.0 Å². The summed E-state index contributed by atoms with van der Waals surface area (Å²) in [5, 5.41) is 0. The Hall–Kier alpha value is -2.19. The maximum Gasteiger partial charge on any atom is 0.227 e. The Morgan fingerprint density at radius 1 is 0.931 bits per heavy atom. The molecular weight excluding hydrogens is 386 g/mol. The van der Waals surface area contributed by atoms with Gasteiger partial charge in [-0.05, 0) is 37.8 Å². The first-order valence-electron chi connectivity index (χ1n) is 10.4. The Morgan fingerprint density at radius 2 is 1.69 bits per heavy atom. The third kappa shape index (κ3) is 4.87. The molecule has 2 aliphatic heterocycles. The molecule has 0 atom stereocenters. The quantitative estimate of drug-likeness (QED) is 0.747. The van der Waals surface area contributed by atoms with Crippen LogP contribution in [0.25, 0.3) is 0 Å². The number of piperazine rings is 1. The van der Waals surface area contributed by atoms with Crippen LogP contribution in [0.15, 0.2) is 36.5 Å². The first kappa shape index (κ1) is 20.1. The van der Waals surface area contributed by atoms with Gasteiger partial charge in [0.15, 0.2) is 0 Å². The number of aromatic nitrogens is 2. The van der Waals surface area contributed by atoms with Crippen molar-refractivity contribution < 1.29 is 8.42 Å². The Labute approximate surface area is 173 Å². The summed E-state index contributed by atoms with van der Waals surface area (Å²) in [5.74, 6) is 1.73. The largest absolute Gasteiger partial charge is 0.354 e. The average molecular weight is 416 g/mol. The molecule has 29 heavy (non-hydrogen) atoms. The van der Waals surface area contributed by atoms with Crippen LogP contribution in [0.3, 0.4) is 0 Å². The second-order valence-corrected chi connectivity index (χ2v) is 9.86. The first-order valence-corrected chi connectivity index (χ1v) is 12.0. The maximum absolute atomic E-state index is 12.8. The molecule has 0 aliphatic carbocycles. The van der Waals surface area contributed by atoms with E-state index in [0.29, 0.717) is 26.2 Å². The molecule has 0 bridgehead atoms. The molecule has 3 heterocycles. The molecule has 1 aromatic heterocycles. The topological polar surface area (TPSA) is 69.6 Å². The highest BCUT2D eigenvalue weighted by Crippen LogP contribution is 2.21. The number of piperidine rings is 1. The molecule has 0 N–H and O–H groups in total. The molecule has 156 valence electrons.